The Hall–Kier alpha value is -1.55. The van der Waals surface area contributed by atoms with Crippen LogP contribution in [-0.4, -0.2) is 5.16 Å². The van der Waals surface area contributed by atoms with Gasteiger partial charge in [0.2, 0.25) is 0 Å². The molecule has 72 valence electrons. The van der Waals surface area contributed by atoms with Crippen LogP contribution >= 0.6 is 11.6 Å². The molecule has 0 aliphatic carbocycles. The number of nitrogens with zero attached hydrogens (tertiary/aromatic N) is 1. The van der Waals surface area contributed by atoms with E-state index in [9.17, 15) is 4.39 Å². The molecule has 3 nitrogen and oxygen atoms in total. The fourth-order valence-corrected chi connectivity index (χ4v) is 1.27. The van der Waals surface area contributed by atoms with Crippen LogP contribution < -0.4 is 5.73 Å². The summed E-state index contributed by atoms with van der Waals surface area (Å²) in [6, 6.07) is 6.10. The highest BCUT2D eigenvalue weighted by Gasteiger charge is 2.16. The van der Waals surface area contributed by atoms with Gasteiger partial charge in [0.1, 0.15) is 10.8 Å². The first-order valence-corrected chi connectivity index (χ1v) is 4.23. The van der Waals surface area contributed by atoms with Crippen LogP contribution in [0.4, 0.5) is 10.2 Å². The minimum absolute atomic E-state index is 0.0601. The van der Waals surface area contributed by atoms with Crippen molar-refractivity contribution in [2.45, 2.75) is 0 Å². The van der Waals surface area contributed by atoms with Gasteiger partial charge >= 0.3 is 0 Å². The summed E-state index contributed by atoms with van der Waals surface area (Å²) < 4.78 is 18.1. The SMILES string of the molecule is Nc1noc(-c2ccccc2F)c1Cl. The van der Waals surface area contributed by atoms with Crippen molar-refractivity contribution >= 4 is 17.4 Å². The van der Waals surface area contributed by atoms with E-state index in [0.717, 1.165) is 0 Å². The Kier molecular flexibility index (Phi) is 2.13. The molecule has 0 bridgehead atoms. The largest absolute Gasteiger partial charge is 0.380 e. The van der Waals surface area contributed by atoms with Crippen molar-refractivity contribution in [3.05, 3.63) is 35.1 Å². The van der Waals surface area contributed by atoms with E-state index in [1.54, 1.807) is 18.2 Å². The van der Waals surface area contributed by atoms with Crippen LogP contribution in [0.5, 0.6) is 0 Å². The van der Waals surface area contributed by atoms with Crippen LogP contribution in [0.3, 0.4) is 0 Å². The molecule has 0 unspecified atom stereocenters. The van der Waals surface area contributed by atoms with Gasteiger partial charge in [0.05, 0.1) is 5.56 Å². The zero-order chi connectivity index (χ0) is 10.1. The van der Waals surface area contributed by atoms with Crippen molar-refractivity contribution in [1.82, 2.24) is 5.16 Å². The highest BCUT2D eigenvalue weighted by atomic mass is 35.5. The lowest BCUT2D eigenvalue weighted by Gasteiger charge is -1.97. The molecule has 2 rings (SSSR count). The van der Waals surface area contributed by atoms with Gasteiger partial charge in [-0.1, -0.05) is 28.9 Å². The topological polar surface area (TPSA) is 52.0 Å². The van der Waals surface area contributed by atoms with Gasteiger partial charge in [-0.2, -0.15) is 0 Å². The molecule has 2 aromatic rings. The van der Waals surface area contributed by atoms with Gasteiger partial charge in [-0.15, -0.1) is 0 Å². The maximum Gasteiger partial charge on any atom is 0.190 e. The monoisotopic (exact) mass is 212 g/mol. The van der Waals surface area contributed by atoms with Crippen LogP contribution in [0.2, 0.25) is 5.02 Å². The second kappa shape index (κ2) is 3.31. The zero-order valence-corrected chi connectivity index (χ0v) is 7.75. The summed E-state index contributed by atoms with van der Waals surface area (Å²) in [5.41, 5.74) is 5.62. The number of hydrogen-bond donors (Lipinski definition) is 1. The highest BCUT2D eigenvalue weighted by molar-refractivity contribution is 6.35. The smallest absolute Gasteiger partial charge is 0.190 e. The number of nitrogen functional groups attached to an aromatic ring is 1. The summed E-state index contributed by atoms with van der Waals surface area (Å²) in [6.07, 6.45) is 0. The molecule has 0 fully saturated rings. The summed E-state index contributed by atoms with van der Waals surface area (Å²) in [5, 5.41) is 3.57. The summed E-state index contributed by atoms with van der Waals surface area (Å²) in [7, 11) is 0. The van der Waals surface area contributed by atoms with Crippen molar-refractivity contribution in [3.8, 4) is 11.3 Å². The first-order valence-electron chi connectivity index (χ1n) is 3.85. The predicted molar refractivity (Wildman–Crippen MR) is 51.3 cm³/mol. The van der Waals surface area contributed by atoms with E-state index in [2.05, 4.69) is 5.16 Å². The molecule has 0 atom stereocenters. The maximum absolute atomic E-state index is 13.3. The maximum atomic E-state index is 13.3. The van der Waals surface area contributed by atoms with Crippen LogP contribution in [-0.2, 0) is 0 Å². The first kappa shape index (κ1) is 9.02. The van der Waals surface area contributed by atoms with Crippen molar-refractivity contribution in [1.29, 1.82) is 0 Å². The van der Waals surface area contributed by atoms with E-state index in [-0.39, 0.29) is 22.2 Å². The zero-order valence-electron chi connectivity index (χ0n) is 7.00. The molecule has 0 amide bonds. The molecule has 2 N–H and O–H groups in total. The van der Waals surface area contributed by atoms with Gasteiger partial charge in [-0.3, -0.25) is 0 Å². The average Bonchev–Trinajstić information content (AvgIpc) is 2.49. The molecule has 0 saturated carbocycles. The average molecular weight is 213 g/mol. The molecule has 0 spiro atoms. The lowest BCUT2D eigenvalue weighted by atomic mass is 10.1. The lowest BCUT2D eigenvalue weighted by molar-refractivity contribution is 0.433. The first-order chi connectivity index (χ1) is 6.70. The molecule has 1 aromatic heterocycles. The fourth-order valence-electron chi connectivity index (χ4n) is 1.10. The Morgan fingerprint density at radius 2 is 2.07 bits per heavy atom. The molecule has 0 saturated heterocycles. The Bertz CT molecular complexity index is 470. The standard InChI is InChI=1S/C9H6ClFN2O/c10-7-8(14-13-9(7)12)5-3-1-2-4-6(5)11/h1-4H,(H2,12,13). The number of anilines is 1. The second-order valence-electron chi connectivity index (χ2n) is 2.69. The fraction of sp³-hybridized carbons (Fsp3) is 0. The van der Waals surface area contributed by atoms with E-state index in [1.165, 1.54) is 6.07 Å². The molecule has 0 radical (unpaired) electrons. The molecule has 5 heteroatoms. The third-order valence-electron chi connectivity index (χ3n) is 1.78. The minimum Gasteiger partial charge on any atom is -0.380 e. The number of halogens is 2. The Morgan fingerprint density at radius 3 is 2.64 bits per heavy atom. The summed E-state index contributed by atoms with van der Waals surface area (Å²) >= 11 is 5.77. The number of rotatable bonds is 1. The Balaban J connectivity index is 2.60. The second-order valence-corrected chi connectivity index (χ2v) is 3.07. The Morgan fingerprint density at radius 1 is 1.36 bits per heavy atom. The molecule has 1 heterocycles. The van der Waals surface area contributed by atoms with Crippen molar-refractivity contribution in [2.75, 3.05) is 5.73 Å². The Labute approximate surface area is 84.3 Å². The van der Waals surface area contributed by atoms with Crippen LogP contribution in [0.25, 0.3) is 11.3 Å². The van der Waals surface area contributed by atoms with E-state index in [4.69, 9.17) is 21.9 Å². The lowest BCUT2D eigenvalue weighted by Crippen LogP contribution is -1.84. The third-order valence-corrected chi connectivity index (χ3v) is 2.14. The van der Waals surface area contributed by atoms with Crippen LogP contribution in [0.15, 0.2) is 28.8 Å². The normalized spacial score (nSPS) is 10.4. The summed E-state index contributed by atoms with van der Waals surface area (Å²) in [4.78, 5) is 0. The number of benzene rings is 1. The summed E-state index contributed by atoms with van der Waals surface area (Å²) in [5.74, 6) is -0.210. The molecular formula is C9H6ClFN2O. The number of nitrogens with two attached hydrogens (primary N) is 1. The van der Waals surface area contributed by atoms with E-state index < -0.39 is 5.82 Å². The van der Waals surface area contributed by atoms with E-state index in [1.807, 2.05) is 0 Å². The summed E-state index contributed by atoms with van der Waals surface area (Å²) in [6.45, 7) is 0. The van der Waals surface area contributed by atoms with E-state index in [0.29, 0.717) is 0 Å². The predicted octanol–water partition coefficient (Wildman–Crippen LogP) is 2.72. The minimum atomic E-state index is -0.425. The quantitative estimate of drug-likeness (QED) is 0.791. The van der Waals surface area contributed by atoms with Gasteiger partial charge in [-0.05, 0) is 12.1 Å². The van der Waals surface area contributed by atoms with Gasteiger partial charge in [-0.25, -0.2) is 4.39 Å². The van der Waals surface area contributed by atoms with Crippen LogP contribution in [0.1, 0.15) is 0 Å². The van der Waals surface area contributed by atoms with Crippen molar-refractivity contribution < 1.29 is 8.91 Å². The molecule has 0 aliphatic rings. The highest BCUT2D eigenvalue weighted by Crippen LogP contribution is 2.33. The molecule has 1 aromatic carbocycles. The van der Waals surface area contributed by atoms with Gasteiger partial charge < -0.3 is 10.3 Å². The van der Waals surface area contributed by atoms with Gasteiger partial charge in [0.25, 0.3) is 0 Å². The van der Waals surface area contributed by atoms with Crippen molar-refractivity contribution in [3.63, 3.8) is 0 Å². The van der Waals surface area contributed by atoms with Gasteiger partial charge in [0, 0.05) is 0 Å². The number of hydrogen-bond acceptors (Lipinski definition) is 3. The molecular weight excluding hydrogens is 207 g/mol. The van der Waals surface area contributed by atoms with Gasteiger partial charge in [0.15, 0.2) is 11.6 Å². The van der Waals surface area contributed by atoms with E-state index >= 15 is 0 Å². The van der Waals surface area contributed by atoms with Crippen molar-refractivity contribution in [2.24, 2.45) is 0 Å². The third kappa shape index (κ3) is 1.33. The molecule has 14 heavy (non-hydrogen) atoms. The molecule has 0 aliphatic heterocycles. The van der Waals surface area contributed by atoms with Crippen LogP contribution in [0, 0.1) is 5.82 Å². The number of aromatic nitrogens is 1.